The van der Waals surface area contributed by atoms with E-state index in [0.29, 0.717) is 37.3 Å². The zero-order valence-corrected chi connectivity index (χ0v) is 24.2. The summed E-state index contributed by atoms with van der Waals surface area (Å²) in [5, 5.41) is 13.7. The van der Waals surface area contributed by atoms with Gasteiger partial charge in [-0.2, -0.15) is 0 Å². The molecule has 6 rings (SSSR count). The predicted molar refractivity (Wildman–Crippen MR) is 152 cm³/mol. The van der Waals surface area contributed by atoms with Gasteiger partial charge >= 0.3 is 6.09 Å². The highest BCUT2D eigenvalue weighted by Crippen LogP contribution is 2.50. The monoisotopic (exact) mass is 586 g/mol. The molecule has 1 aromatic carbocycles. The Morgan fingerprint density at radius 2 is 2.17 bits per heavy atom. The number of hydrogen-bond acceptors (Lipinski definition) is 10. The Kier molecular flexibility index (Phi) is 9.33. The normalized spacial score (nSPS) is 34.6. The Labute approximate surface area is 246 Å². The first-order valence-corrected chi connectivity index (χ1v) is 15.4. The highest BCUT2D eigenvalue weighted by molar-refractivity contribution is 7.97. The number of rotatable bonds is 6. The first-order valence-electron chi connectivity index (χ1n) is 14.7. The second kappa shape index (κ2) is 13.1. The third-order valence-corrected chi connectivity index (χ3v) is 9.62. The average molecular weight is 587 g/mol. The van der Waals surface area contributed by atoms with Crippen LogP contribution in [0.4, 0.5) is 4.79 Å². The molecule has 12 heteroatoms. The predicted octanol–water partition coefficient (Wildman–Crippen LogP) is 2.87. The molecule has 1 aromatic rings. The Bertz CT molecular complexity index is 1100. The molecule has 41 heavy (non-hydrogen) atoms. The van der Waals surface area contributed by atoms with Crippen LogP contribution in [0.1, 0.15) is 32.1 Å². The van der Waals surface area contributed by atoms with Crippen molar-refractivity contribution in [2.45, 2.75) is 73.6 Å². The summed E-state index contributed by atoms with van der Waals surface area (Å²) in [4.78, 5) is 13.5. The Morgan fingerprint density at radius 3 is 3.05 bits per heavy atom. The number of aliphatic hydroxyl groups excluding tert-OH is 1. The van der Waals surface area contributed by atoms with E-state index in [0.717, 1.165) is 36.3 Å². The van der Waals surface area contributed by atoms with Gasteiger partial charge in [0.2, 0.25) is 0 Å². The van der Waals surface area contributed by atoms with E-state index in [2.05, 4.69) is 21.8 Å². The number of β-amino-alcohol motifs (C(OH)–C–C–N with tert-alkyl or cyclic N) is 1. The van der Waals surface area contributed by atoms with Gasteiger partial charge in [-0.15, -0.1) is 0 Å². The molecule has 9 unspecified atom stereocenters. The SMILES string of the molecule is [B]C(NC(=O)OC1COC2OCCC12)C(O)CN1CC2CC3CC3C(C=CCCCOc3cc(OC)ccc3S1)O2. The molecule has 9 atom stereocenters. The number of benzene rings is 1. The number of hydrogen-bond donors (Lipinski definition) is 2. The number of allylic oxidation sites excluding steroid dienone is 1. The van der Waals surface area contributed by atoms with E-state index in [1.165, 1.54) is 18.4 Å². The van der Waals surface area contributed by atoms with E-state index in [1.54, 1.807) is 7.11 Å². The van der Waals surface area contributed by atoms with Gasteiger partial charge < -0.3 is 38.8 Å². The van der Waals surface area contributed by atoms with Crippen LogP contribution in [0.15, 0.2) is 35.2 Å². The topological polar surface area (TPSA) is 108 Å². The van der Waals surface area contributed by atoms with Crippen molar-refractivity contribution in [1.82, 2.24) is 9.62 Å². The minimum absolute atomic E-state index is 0.0109. The molecule has 1 saturated carbocycles. The van der Waals surface area contributed by atoms with E-state index < -0.39 is 24.2 Å². The molecule has 4 fully saturated rings. The van der Waals surface area contributed by atoms with E-state index in [-0.39, 0.29) is 37.6 Å². The van der Waals surface area contributed by atoms with Crippen molar-refractivity contribution >= 4 is 25.9 Å². The fourth-order valence-electron chi connectivity index (χ4n) is 6.17. The van der Waals surface area contributed by atoms with Crippen LogP contribution in [0.5, 0.6) is 11.5 Å². The molecule has 1 amide bonds. The number of alkyl carbamates (subject to hydrolysis) is 1. The molecule has 5 aliphatic rings. The molecule has 222 valence electrons. The van der Waals surface area contributed by atoms with Crippen LogP contribution in [0, 0.1) is 17.8 Å². The number of aliphatic hydroxyl groups is 1. The molecule has 2 N–H and O–H groups in total. The Hall–Kier alpha value is -1.96. The van der Waals surface area contributed by atoms with E-state index in [1.807, 2.05) is 18.2 Å². The smallest absolute Gasteiger partial charge is 0.407 e. The lowest BCUT2D eigenvalue weighted by molar-refractivity contribution is -0.0907. The number of ether oxygens (including phenoxy) is 6. The van der Waals surface area contributed by atoms with Gasteiger partial charge in [0.1, 0.15) is 25.4 Å². The van der Waals surface area contributed by atoms with Gasteiger partial charge in [0, 0.05) is 25.1 Å². The molecular formula is C29H39BN2O8S. The van der Waals surface area contributed by atoms with E-state index >= 15 is 0 Å². The van der Waals surface area contributed by atoms with Crippen LogP contribution in [-0.2, 0) is 18.9 Å². The number of methoxy groups -OCH3 is 1. The third kappa shape index (κ3) is 7.17. The van der Waals surface area contributed by atoms with Crippen molar-refractivity contribution in [2.24, 2.45) is 17.8 Å². The van der Waals surface area contributed by atoms with Crippen molar-refractivity contribution in [3.8, 4) is 11.5 Å². The number of fused-ring (bicyclic) bond motifs is 6. The van der Waals surface area contributed by atoms with Crippen molar-refractivity contribution in [1.29, 1.82) is 0 Å². The molecule has 4 aliphatic heterocycles. The highest BCUT2D eigenvalue weighted by Gasteiger charge is 2.49. The van der Waals surface area contributed by atoms with Crippen molar-refractivity contribution < 1.29 is 38.3 Å². The summed E-state index contributed by atoms with van der Waals surface area (Å²) in [7, 11) is 7.88. The average Bonchev–Trinajstić information content (AvgIpc) is 3.42. The summed E-state index contributed by atoms with van der Waals surface area (Å²) in [6.07, 6.45) is 6.90. The lowest BCUT2D eigenvalue weighted by Crippen LogP contribution is -2.49. The van der Waals surface area contributed by atoms with Crippen molar-refractivity contribution in [2.75, 3.05) is 40.0 Å². The van der Waals surface area contributed by atoms with Gasteiger partial charge in [-0.05, 0) is 68.0 Å². The van der Waals surface area contributed by atoms with Crippen LogP contribution in [0.25, 0.3) is 0 Å². The van der Waals surface area contributed by atoms with Crippen molar-refractivity contribution in [3.05, 3.63) is 30.4 Å². The van der Waals surface area contributed by atoms with Crippen molar-refractivity contribution in [3.63, 3.8) is 0 Å². The summed E-state index contributed by atoms with van der Waals surface area (Å²) in [5.74, 6) is 1.70. The summed E-state index contributed by atoms with van der Waals surface area (Å²) < 4.78 is 36.8. The molecule has 4 heterocycles. The van der Waals surface area contributed by atoms with Gasteiger partial charge in [0.25, 0.3) is 0 Å². The highest BCUT2D eigenvalue weighted by atomic mass is 32.2. The lowest BCUT2D eigenvalue weighted by Gasteiger charge is -2.34. The van der Waals surface area contributed by atoms with Gasteiger partial charge in [-0.25, -0.2) is 9.10 Å². The quantitative estimate of drug-likeness (QED) is 0.294. The maximum Gasteiger partial charge on any atom is 0.407 e. The van der Waals surface area contributed by atoms with Gasteiger partial charge in [-0.3, -0.25) is 0 Å². The maximum atomic E-state index is 12.6. The molecule has 10 nitrogen and oxygen atoms in total. The van der Waals surface area contributed by atoms with Crippen LogP contribution in [0.2, 0.25) is 0 Å². The number of nitrogens with one attached hydrogen (secondary N) is 1. The fourth-order valence-corrected chi connectivity index (χ4v) is 7.26. The third-order valence-electron chi connectivity index (χ3n) is 8.53. The van der Waals surface area contributed by atoms with Crippen LogP contribution in [-0.4, -0.2) is 100 Å². The summed E-state index contributed by atoms with van der Waals surface area (Å²) in [6.45, 7) is 2.23. The van der Waals surface area contributed by atoms with Crippen LogP contribution < -0.4 is 14.8 Å². The largest absolute Gasteiger partial charge is 0.497 e. The number of amides is 1. The molecule has 1 aliphatic carbocycles. The summed E-state index contributed by atoms with van der Waals surface area (Å²) in [6, 6.07) is 5.74. The second-order valence-corrected chi connectivity index (χ2v) is 12.6. The molecule has 0 spiro atoms. The van der Waals surface area contributed by atoms with Crippen LogP contribution >= 0.6 is 11.9 Å². The minimum atomic E-state index is -1.06. The standard InChI is InChI=1S/C29H39BN2O8S/c1-35-18-6-7-26-24(13-18)36-9-4-2-3-5-23-21-12-17(21)11-19(39-23)14-32(41-26)15-22(33)27(30)31-29(34)40-25-16-38-28-20(25)8-10-37-28/h3,5-7,13,17,19-23,25,27-28,33H,2,4,8-12,14-16H2,1H3,(H,31,34). The second-order valence-electron chi connectivity index (χ2n) is 11.5. The zero-order chi connectivity index (χ0) is 28.3. The number of nitrogens with zero attached hydrogens (tertiary/aromatic N) is 1. The first kappa shape index (κ1) is 29.1. The van der Waals surface area contributed by atoms with E-state index in [9.17, 15) is 9.90 Å². The zero-order valence-electron chi connectivity index (χ0n) is 23.4. The lowest BCUT2D eigenvalue weighted by atomic mass is 9.91. The Balaban J connectivity index is 1.13. The van der Waals surface area contributed by atoms with Gasteiger partial charge in [-0.1, -0.05) is 12.2 Å². The molecule has 2 radical (unpaired) electrons. The fraction of sp³-hybridized carbons (Fsp3) is 0.690. The summed E-state index contributed by atoms with van der Waals surface area (Å²) >= 11 is 1.49. The van der Waals surface area contributed by atoms with E-state index in [4.69, 9.17) is 36.3 Å². The maximum absolute atomic E-state index is 12.6. The minimum Gasteiger partial charge on any atom is -0.497 e. The first-order chi connectivity index (χ1) is 20.0. The molecule has 0 aromatic heterocycles. The molecular weight excluding hydrogens is 547 g/mol. The van der Waals surface area contributed by atoms with Crippen LogP contribution in [0.3, 0.4) is 0 Å². The molecule has 2 bridgehead atoms. The van der Waals surface area contributed by atoms with Gasteiger partial charge in [0.15, 0.2) is 6.29 Å². The number of carbonyl (C=O) groups is 1. The Morgan fingerprint density at radius 1 is 1.27 bits per heavy atom. The summed E-state index contributed by atoms with van der Waals surface area (Å²) in [5.41, 5.74) is 0. The van der Waals surface area contributed by atoms with Gasteiger partial charge in [0.05, 0.1) is 56.1 Å². The molecule has 3 saturated heterocycles. The number of carbonyl (C=O) groups excluding carboxylic acids is 1.